The van der Waals surface area contributed by atoms with Gasteiger partial charge in [0, 0.05) is 69.2 Å². The van der Waals surface area contributed by atoms with Gasteiger partial charge in [-0.3, -0.25) is 19.4 Å². The van der Waals surface area contributed by atoms with Crippen LogP contribution in [-0.2, 0) is 71.0 Å². The third-order valence-electron chi connectivity index (χ3n) is 16.0. The number of imidazole rings is 1. The summed E-state index contributed by atoms with van der Waals surface area (Å²) < 4.78 is 52.5. The molecule has 0 bridgehead atoms. The van der Waals surface area contributed by atoms with Gasteiger partial charge in [-0.25, -0.2) is 15.0 Å². The molecule has 7 rings (SSSR count). The van der Waals surface area contributed by atoms with Gasteiger partial charge in [-0.1, -0.05) is 26.8 Å². The van der Waals surface area contributed by atoms with Crippen LogP contribution < -0.4 is 5.73 Å². The number of pyridine rings is 1. The Kier molecular flexibility index (Phi) is 18.3. The van der Waals surface area contributed by atoms with Crippen molar-refractivity contribution in [2.45, 2.75) is 182 Å². The molecule has 7 heterocycles. The van der Waals surface area contributed by atoms with Crippen molar-refractivity contribution in [1.82, 2.24) is 29.4 Å². The number of aliphatic hydroxyl groups is 2. The molecule has 4 aliphatic heterocycles. The van der Waals surface area contributed by atoms with Crippen LogP contribution in [0.1, 0.15) is 93.0 Å². The Balaban J connectivity index is 1.28. The van der Waals surface area contributed by atoms with Crippen molar-refractivity contribution in [1.29, 1.82) is 0 Å². The number of hydrogen-bond donors (Lipinski definition) is 3. The number of aryl methyl sites for hydroxylation is 2. The van der Waals surface area contributed by atoms with Gasteiger partial charge in [-0.15, -0.1) is 11.8 Å². The number of esters is 2. The second-order valence-corrected chi connectivity index (χ2v) is 23.7. The minimum atomic E-state index is -1.50. The highest BCUT2D eigenvalue weighted by Gasteiger charge is 2.62. The molecular weight excluding hydrogens is 1080 g/mol. The number of likely N-dealkylation sites (N-methyl/N-ethyl adjacent to an activating group) is 1. The maximum absolute atomic E-state index is 15.3. The maximum Gasteiger partial charge on any atom is 0.320 e. The van der Waals surface area contributed by atoms with E-state index in [2.05, 4.69) is 15.0 Å². The quantitative estimate of drug-likeness (QED) is 0.117. The van der Waals surface area contributed by atoms with Crippen LogP contribution in [0.4, 0.5) is 5.82 Å². The molecular formula is C51H76IN7O13S. The number of Topliss-reactive ketones (excluding diaryl/α,β-unsaturated/α-hetero) is 1. The summed E-state index contributed by atoms with van der Waals surface area (Å²) in [5, 5.41) is 22.1. The molecule has 0 amide bonds. The fraction of sp³-hybridized carbons (Fsp3) is 0.745. The number of nitrogens with zero attached hydrogens (tertiary/aromatic N) is 6. The third kappa shape index (κ3) is 11.7. The number of methoxy groups -OCH3 is 2. The molecule has 0 aromatic carbocycles. The zero-order chi connectivity index (χ0) is 53.5. The Morgan fingerprint density at radius 1 is 0.945 bits per heavy atom. The number of carbonyl (C=O) groups excluding carboxylic acids is 3. The van der Waals surface area contributed by atoms with Gasteiger partial charge in [0.2, 0.25) is 0 Å². The minimum Gasteiger partial charge on any atom is -0.453 e. The van der Waals surface area contributed by atoms with Crippen molar-refractivity contribution in [3.05, 3.63) is 42.2 Å². The molecule has 20 nitrogen and oxygen atoms in total. The van der Waals surface area contributed by atoms with Crippen molar-refractivity contribution in [3.8, 4) is 0 Å². The average Bonchev–Trinajstić information content (AvgIpc) is 3.85. The smallest absolute Gasteiger partial charge is 0.320 e. The van der Waals surface area contributed by atoms with E-state index in [0.717, 1.165) is 5.56 Å². The van der Waals surface area contributed by atoms with Gasteiger partial charge in [-0.2, -0.15) is 0 Å². The number of halogens is 1. The molecule has 4 aliphatic rings. The highest BCUT2D eigenvalue weighted by Crippen LogP contribution is 2.50. The number of alkyl halides is 1. The van der Waals surface area contributed by atoms with Gasteiger partial charge in [0.1, 0.15) is 35.4 Å². The first kappa shape index (κ1) is 57.5. The Bertz CT molecular complexity index is 2410. The van der Waals surface area contributed by atoms with E-state index in [1.54, 1.807) is 54.1 Å². The van der Waals surface area contributed by atoms with Gasteiger partial charge in [0.05, 0.1) is 47.4 Å². The molecule has 4 fully saturated rings. The van der Waals surface area contributed by atoms with Gasteiger partial charge in [-0.05, 0) is 109 Å². The first-order chi connectivity index (χ1) is 34.4. The molecule has 4 N–H and O–H groups in total. The molecule has 406 valence electrons. The topological polar surface area (TPSA) is 251 Å². The lowest BCUT2D eigenvalue weighted by atomic mass is 9.72. The Hall–Kier alpha value is -3.17. The molecule has 22 heteroatoms. The molecule has 3 aromatic rings. The summed E-state index contributed by atoms with van der Waals surface area (Å²) >= 11 is 3.28. The van der Waals surface area contributed by atoms with Crippen LogP contribution in [0, 0.1) is 29.6 Å². The Morgan fingerprint density at radius 3 is 2.32 bits per heavy atom. The number of ketones is 1. The van der Waals surface area contributed by atoms with Crippen LogP contribution in [-0.4, -0.2) is 167 Å². The van der Waals surface area contributed by atoms with E-state index in [1.165, 1.54) is 25.2 Å². The standard InChI is InChI=1S/C51H76IN7O13S/c1-25-20-50(8,66-13)42(70-47-38(61)32(58(10)11)19-26(2)67-47)28(4)39(69-34-21-49(7,65-12)41(62)30(6)68-34)29(5)45(63)71-48(52)51(9)35(27(3)37(25)60)40(46(64)72-51)73-24-59-33(17-16-31-15-14-18-54-22-31)57-36-43(53)55-23-56-44(36)59/h14-15,18,22-23,25-30,32,34-35,38-42,47-48,61-62H,16-17,19-21,24H2,1-13H3,(H2,53,55,56)/t25-,26-,27-,28+,29-,30+,32+,34+,35+,38-,39+,40+,41+,42-,47+,48+,49-,50-,51+/m1/s1. The minimum absolute atomic E-state index is 0.105. The number of ether oxygens (including phenoxy) is 8. The van der Waals surface area contributed by atoms with Crippen LogP contribution in [0.2, 0.25) is 0 Å². The van der Waals surface area contributed by atoms with Crippen LogP contribution in [0.15, 0.2) is 30.9 Å². The Labute approximate surface area is 446 Å². The zero-order valence-electron chi connectivity index (χ0n) is 44.3. The number of carbonyl (C=O) groups is 3. The number of rotatable bonds is 13. The molecule has 0 radical (unpaired) electrons. The van der Waals surface area contributed by atoms with E-state index in [9.17, 15) is 19.8 Å². The summed E-state index contributed by atoms with van der Waals surface area (Å²) in [4.78, 5) is 64.5. The number of cyclic esters (lactones) is 1. The number of thioether (sulfide) groups is 1. The van der Waals surface area contributed by atoms with Gasteiger partial charge in [0.15, 0.2) is 39.3 Å². The number of nitrogens with two attached hydrogens (primary N) is 1. The van der Waals surface area contributed by atoms with Crippen molar-refractivity contribution < 1.29 is 62.5 Å². The number of nitrogen functional groups attached to an aromatic ring is 1. The first-order valence-electron chi connectivity index (χ1n) is 25.2. The molecule has 0 spiro atoms. The lowest BCUT2D eigenvalue weighted by Gasteiger charge is -2.49. The van der Waals surface area contributed by atoms with Crippen molar-refractivity contribution in [3.63, 3.8) is 0 Å². The monoisotopic (exact) mass is 1150 g/mol. The highest BCUT2D eigenvalue weighted by molar-refractivity contribution is 14.1. The number of fused-ring (bicyclic) bond motifs is 2. The number of aromatic nitrogens is 5. The fourth-order valence-electron chi connectivity index (χ4n) is 11.6. The van der Waals surface area contributed by atoms with Crippen molar-refractivity contribution >= 4 is 69.1 Å². The predicted octanol–water partition coefficient (Wildman–Crippen LogP) is 4.90. The maximum atomic E-state index is 15.3. The van der Waals surface area contributed by atoms with E-state index >= 15 is 4.79 Å². The summed E-state index contributed by atoms with van der Waals surface area (Å²) in [7, 11) is 6.83. The lowest BCUT2D eigenvalue weighted by molar-refractivity contribution is -0.319. The summed E-state index contributed by atoms with van der Waals surface area (Å²) in [6.07, 6.45) is -0.486. The van der Waals surface area contributed by atoms with Crippen molar-refractivity contribution in [2.75, 3.05) is 34.0 Å². The highest BCUT2D eigenvalue weighted by atomic mass is 127. The summed E-state index contributed by atoms with van der Waals surface area (Å²) in [5.74, 6) is -4.49. The van der Waals surface area contributed by atoms with Crippen LogP contribution in [0.5, 0.6) is 0 Å². The van der Waals surface area contributed by atoms with E-state index < -0.39 is 111 Å². The van der Waals surface area contributed by atoms with Gasteiger partial charge >= 0.3 is 11.9 Å². The second-order valence-electron chi connectivity index (χ2n) is 21.5. The van der Waals surface area contributed by atoms with E-state index in [4.69, 9.17) is 48.6 Å². The largest absolute Gasteiger partial charge is 0.453 e. The zero-order valence-corrected chi connectivity index (χ0v) is 47.3. The van der Waals surface area contributed by atoms with Crippen LogP contribution >= 0.6 is 34.4 Å². The summed E-state index contributed by atoms with van der Waals surface area (Å²) in [6, 6.07) is 3.54. The Morgan fingerprint density at radius 2 is 1.66 bits per heavy atom. The number of aliphatic hydroxyl groups excluding tert-OH is 2. The summed E-state index contributed by atoms with van der Waals surface area (Å²) in [6.45, 7) is 16.2. The SMILES string of the molecule is CO[C@]1(C)C[C@@H](C)C(=O)[C@H](C)[C@H]2[C@H](SCn3c(CCc4cccnc4)nc4c(N)ncnc43)C(=O)O[C@]2(C)[C@@H](I)OC(=O)[C@H](C)[C@@H](O[C@H]2C[C@@](C)(OC)[C@@H](O)[C@H](C)O2)[C@H](C)[C@H]1O[C@@H]1O[C@H](C)C[C@H](N(C)C)[C@H]1O. The van der Waals surface area contributed by atoms with E-state index in [-0.39, 0.29) is 42.5 Å². The molecule has 73 heavy (non-hydrogen) atoms. The molecule has 3 aromatic heterocycles. The van der Waals surface area contributed by atoms with E-state index in [0.29, 0.717) is 36.3 Å². The lowest BCUT2D eigenvalue weighted by Crippen LogP contribution is -2.61. The van der Waals surface area contributed by atoms with Crippen LogP contribution in [0.3, 0.4) is 0 Å². The third-order valence-corrected chi connectivity index (χ3v) is 18.8. The van der Waals surface area contributed by atoms with Crippen molar-refractivity contribution in [2.24, 2.45) is 29.6 Å². The average molecular weight is 1150 g/mol. The van der Waals surface area contributed by atoms with Gasteiger partial charge < -0.3 is 63.3 Å². The predicted molar refractivity (Wildman–Crippen MR) is 279 cm³/mol. The fourth-order valence-corrected chi connectivity index (χ4v) is 13.8. The first-order valence-corrected chi connectivity index (χ1v) is 27.5. The molecule has 4 saturated heterocycles. The van der Waals surface area contributed by atoms with E-state index in [1.807, 2.05) is 86.0 Å². The molecule has 19 atom stereocenters. The number of hydrogen-bond acceptors (Lipinski definition) is 20. The molecule has 0 saturated carbocycles. The number of anilines is 1. The normalized spacial score (nSPS) is 40.0. The molecule has 0 aliphatic carbocycles. The summed E-state index contributed by atoms with van der Waals surface area (Å²) in [5.41, 5.74) is 4.38. The van der Waals surface area contributed by atoms with Gasteiger partial charge in [0.25, 0.3) is 0 Å². The second kappa shape index (κ2) is 23.2. The molecule has 0 unspecified atom stereocenters. The van der Waals surface area contributed by atoms with Crippen LogP contribution in [0.25, 0.3) is 11.2 Å².